The highest BCUT2D eigenvalue weighted by molar-refractivity contribution is 9.11. The molecule has 1 aromatic rings. The number of nitrogens with one attached hydrogen (secondary N) is 1. The summed E-state index contributed by atoms with van der Waals surface area (Å²) in [7, 11) is 0. The van der Waals surface area contributed by atoms with Gasteiger partial charge in [0.15, 0.2) is 6.61 Å². The third-order valence-corrected chi connectivity index (χ3v) is 3.30. The number of ether oxygens (including phenoxy) is 1. The lowest BCUT2D eigenvalue weighted by Crippen LogP contribution is -2.28. The smallest absolute Gasteiger partial charge is 0.331 e. The minimum absolute atomic E-state index is 0.120. The molecule has 0 aromatic carbocycles. The van der Waals surface area contributed by atoms with Gasteiger partial charge in [0.25, 0.3) is 5.91 Å². The molecule has 0 bridgehead atoms. The lowest BCUT2D eigenvalue weighted by atomic mass is 10.4. The highest BCUT2D eigenvalue weighted by Gasteiger charge is 2.03. The quantitative estimate of drug-likeness (QED) is 0.510. The summed E-state index contributed by atoms with van der Waals surface area (Å²) in [6.07, 6.45) is 7.85. The molecule has 1 N–H and O–H groups in total. The summed E-state index contributed by atoms with van der Waals surface area (Å²) in [4.78, 5) is 23.2. The van der Waals surface area contributed by atoms with Crippen LogP contribution in [0.1, 0.15) is 4.88 Å². The van der Waals surface area contributed by atoms with Crippen LogP contribution in [-0.4, -0.2) is 25.0 Å². The topological polar surface area (TPSA) is 55.4 Å². The number of rotatable bonds is 5. The molecule has 0 fully saturated rings. The Morgan fingerprint density at radius 2 is 2.33 bits per heavy atom. The molecule has 0 atom stereocenters. The number of thiophene rings is 1. The van der Waals surface area contributed by atoms with Crippen molar-refractivity contribution in [3.05, 3.63) is 26.9 Å². The van der Waals surface area contributed by atoms with Crippen LogP contribution in [0.2, 0.25) is 0 Å². The van der Waals surface area contributed by atoms with Crippen molar-refractivity contribution in [1.82, 2.24) is 5.32 Å². The second-order valence-electron chi connectivity index (χ2n) is 3.06. The number of carbonyl (C=O) groups is 2. The van der Waals surface area contributed by atoms with Gasteiger partial charge in [-0.25, -0.2) is 4.79 Å². The van der Waals surface area contributed by atoms with E-state index in [-0.39, 0.29) is 13.2 Å². The first kappa shape index (κ1) is 14.5. The third kappa shape index (κ3) is 5.66. The summed E-state index contributed by atoms with van der Waals surface area (Å²) in [5.41, 5.74) is 0. The first-order chi connectivity index (χ1) is 8.61. The van der Waals surface area contributed by atoms with Crippen LogP contribution in [0.25, 0.3) is 6.08 Å². The molecule has 1 aromatic heterocycles. The van der Waals surface area contributed by atoms with Crippen LogP contribution in [0, 0.1) is 12.3 Å². The normalized spacial score (nSPS) is 10.0. The number of esters is 1. The van der Waals surface area contributed by atoms with E-state index in [1.54, 1.807) is 6.08 Å². The van der Waals surface area contributed by atoms with Gasteiger partial charge in [0.1, 0.15) is 0 Å². The van der Waals surface area contributed by atoms with Crippen molar-refractivity contribution in [1.29, 1.82) is 0 Å². The van der Waals surface area contributed by atoms with Crippen molar-refractivity contribution in [2.24, 2.45) is 0 Å². The number of carbonyl (C=O) groups excluding carboxylic acids is 2. The summed E-state index contributed by atoms with van der Waals surface area (Å²) in [5.74, 6) is 1.25. The van der Waals surface area contributed by atoms with Gasteiger partial charge in [-0.3, -0.25) is 4.79 Å². The molecule has 0 radical (unpaired) electrons. The van der Waals surface area contributed by atoms with Gasteiger partial charge in [-0.2, -0.15) is 0 Å². The Morgan fingerprint density at radius 1 is 1.56 bits per heavy atom. The molecule has 0 aliphatic carbocycles. The van der Waals surface area contributed by atoms with E-state index in [9.17, 15) is 9.59 Å². The molecule has 0 spiro atoms. The number of terminal acetylenes is 1. The molecule has 1 rings (SSSR count). The van der Waals surface area contributed by atoms with Crippen molar-refractivity contribution in [3.8, 4) is 12.3 Å². The molecule has 0 aliphatic heterocycles. The van der Waals surface area contributed by atoms with Crippen LogP contribution in [-0.2, 0) is 14.3 Å². The maximum absolute atomic E-state index is 11.3. The average molecular weight is 328 g/mol. The van der Waals surface area contributed by atoms with Crippen molar-refractivity contribution in [2.75, 3.05) is 13.2 Å². The van der Waals surface area contributed by atoms with Gasteiger partial charge >= 0.3 is 5.97 Å². The van der Waals surface area contributed by atoms with Gasteiger partial charge in [0.2, 0.25) is 0 Å². The minimum atomic E-state index is -0.574. The molecule has 1 amide bonds. The van der Waals surface area contributed by atoms with Gasteiger partial charge in [-0.15, -0.1) is 17.8 Å². The molecule has 0 aliphatic rings. The molecule has 0 saturated carbocycles. The number of hydrogen-bond donors (Lipinski definition) is 1. The monoisotopic (exact) mass is 327 g/mol. The minimum Gasteiger partial charge on any atom is -0.452 e. The van der Waals surface area contributed by atoms with Crippen molar-refractivity contribution >= 4 is 45.2 Å². The summed E-state index contributed by atoms with van der Waals surface area (Å²) >= 11 is 4.80. The van der Waals surface area contributed by atoms with E-state index in [0.717, 1.165) is 8.66 Å². The fourth-order valence-corrected chi connectivity index (χ4v) is 2.28. The average Bonchev–Trinajstić information content (AvgIpc) is 2.77. The fraction of sp³-hybridized carbons (Fsp3) is 0.167. The number of amides is 1. The predicted molar refractivity (Wildman–Crippen MR) is 73.9 cm³/mol. The van der Waals surface area contributed by atoms with E-state index in [4.69, 9.17) is 11.2 Å². The lowest BCUT2D eigenvalue weighted by molar-refractivity contribution is -0.143. The van der Waals surface area contributed by atoms with E-state index < -0.39 is 11.9 Å². The second-order valence-corrected chi connectivity index (χ2v) is 5.56. The second kappa shape index (κ2) is 7.69. The van der Waals surface area contributed by atoms with Gasteiger partial charge in [-0.05, 0) is 34.1 Å². The summed E-state index contributed by atoms with van der Waals surface area (Å²) in [6, 6.07) is 3.74. The van der Waals surface area contributed by atoms with Crippen LogP contribution in [0.3, 0.4) is 0 Å². The van der Waals surface area contributed by atoms with Crippen LogP contribution >= 0.6 is 27.3 Å². The molecule has 0 saturated heterocycles. The molecule has 4 nitrogen and oxygen atoms in total. The highest BCUT2D eigenvalue weighted by Crippen LogP contribution is 2.22. The largest absolute Gasteiger partial charge is 0.452 e. The zero-order chi connectivity index (χ0) is 13.4. The highest BCUT2D eigenvalue weighted by atomic mass is 79.9. The molecular weight excluding hydrogens is 318 g/mol. The van der Waals surface area contributed by atoms with Crippen molar-refractivity contribution in [3.63, 3.8) is 0 Å². The summed E-state index contributed by atoms with van der Waals surface area (Å²) in [5, 5.41) is 2.38. The van der Waals surface area contributed by atoms with Gasteiger partial charge in [0, 0.05) is 11.0 Å². The standard InChI is InChI=1S/C12H10BrNO3S/c1-2-7-14-11(15)8-17-12(16)6-4-9-3-5-10(13)18-9/h1,3-6H,7-8H2,(H,14,15)/b6-4+. The maximum Gasteiger partial charge on any atom is 0.331 e. The Morgan fingerprint density at radius 3 is 2.94 bits per heavy atom. The van der Waals surface area contributed by atoms with E-state index in [1.165, 1.54) is 17.4 Å². The van der Waals surface area contributed by atoms with Crippen LogP contribution in [0.15, 0.2) is 22.0 Å². The first-order valence-corrected chi connectivity index (χ1v) is 6.53. The third-order valence-electron chi connectivity index (χ3n) is 1.71. The number of hydrogen-bond acceptors (Lipinski definition) is 4. The first-order valence-electron chi connectivity index (χ1n) is 4.92. The summed E-state index contributed by atoms with van der Waals surface area (Å²) < 4.78 is 5.69. The Balaban J connectivity index is 2.32. The Kier molecular flexibility index (Phi) is 6.19. The maximum atomic E-state index is 11.3. The van der Waals surface area contributed by atoms with Crippen molar-refractivity contribution in [2.45, 2.75) is 0 Å². The Bertz CT molecular complexity index is 502. The summed E-state index contributed by atoms with van der Waals surface area (Å²) in [6.45, 7) is -0.214. The van der Waals surface area contributed by atoms with E-state index >= 15 is 0 Å². The molecular formula is C12H10BrNO3S. The zero-order valence-electron chi connectivity index (χ0n) is 9.31. The van der Waals surface area contributed by atoms with Gasteiger partial charge < -0.3 is 10.1 Å². The molecule has 6 heteroatoms. The molecule has 1 heterocycles. The van der Waals surface area contributed by atoms with Gasteiger partial charge in [0.05, 0.1) is 10.3 Å². The molecule has 94 valence electrons. The van der Waals surface area contributed by atoms with E-state index in [0.29, 0.717) is 0 Å². The zero-order valence-corrected chi connectivity index (χ0v) is 11.7. The molecule has 0 unspecified atom stereocenters. The lowest BCUT2D eigenvalue weighted by Gasteiger charge is -2.01. The van der Waals surface area contributed by atoms with Crippen molar-refractivity contribution < 1.29 is 14.3 Å². The SMILES string of the molecule is C#CCNC(=O)COC(=O)/C=C/c1ccc(Br)s1. The fourth-order valence-electron chi connectivity index (χ4n) is 0.953. The van der Waals surface area contributed by atoms with Crippen LogP contribution in [0.5, 0.6) is 0 Å². The Labute approximate surface area is 117 Å². The van der Waals surface area contributed by atoms with Crippen LogP contribution < -0.4 is 5.32 Å². The Hall–Kier alpha value is -1.58. The van der Waals surface area contributed by atoms with E-state index in [1.807, 2.05) is 12.1 Å². The number of halogens is 1. The van der Waals surface area contributed by atoms with Crippen LogP contribution in [0.4, 0.5) is 0 Å². The van der Waals surface area contributed by atoms with E-state index in [2.05, 4.69) is 27.2 Å². The van der Waals surface area contributed by atoms with Gasteiger partial charge in [-0.1, -0.05) is 5.92 Å². The molecule has 18 heavy (non-hydrogen) atoms. The predicted octanol–water partition coefficient (Wildman–Crippen LogP) is 1.82.